The van der Waals surface area contributed by atoms with Gasteiger partial charge in [0.05, 0.1) is 12.6 Å². The van der Waals surface area contributed by atoms with Crippen LogP contribution in [0.25, 0.3) is 0 Å². The predicted molar refractivity (Wildman–Crippen MR) is 69.6 cm³/mol. The lowest BCUT2D eigenvalue weighted by molar-refractivity contribution is 0.0590. The lowest BCUT2D eigenvalue weighted by Crippen LogP contribution is -2.33. The van der Waals surface area contributed by atoms with Gasteiger partial charge in [0.15, 0.2) is 9.90 Å². The van der Waals surface area contributed by atoms with E-state index in [0.717, 1.165) is 18.4 Å². The molecular weight excluding hydrogens is 292 g/mol. The van der Waals surface area contributed by atoms with Crippen LogP contribution < -0.4 is 4.72 Å². The van der Waals surface area contributed by atoms with Gasteiger partial charge in [-0.2, -0.15) is 0 Å². The van der Waals surface area contributed by atoms with Crippen LogP contribution in [0.2, 0.25) is 0 Å². The first-order valence-corrected chi connectivity index (χ1v) is 7.93. The van der Waals surface area contributed by atoms with Gasteiger partial charge in [0.25, 0.3) is 10.0 Å². The molecule has 0 saturated carbocycles. The molecule has 1 heterocycles. The molecule has 0 spiro atoms. The molecule has 0 bridgehead atoms. The Bertz CT molecular complexity index is 526. The van der Waals surface area contributed by atoms with Crippen molar-refractivity contribution in [2.45, 2.75) is 30.0 Å². The van der Waals surface area contributed by atoms with E-state index in [1.165, 1.54) is 5.51 Å². The minimum absolute atomic E-state index is 0.0000355. The van der Waals surface area contributed by atoms with Crippen molar-refractivity contribution in [3.05, 3.63) is 11.2 Å². The maximum absolute atomic E-state index is 12.1. The summed E-state index contributed by atoms with van der Waals surface area (Å²) < 4.78 is 31.0. The molecule has 0 aromatic carbocycles. The van der Waals surface area contributed by atoms with Crippen molar-refractivity contribution in [2.75, 3.05) is 13.7 Å². The second-order valence-electron chi connectivity index (χ2n) is 3.87. The molecular formula is C10H16N2O5S2. The number of nitrogens with zero attached hydrogens (tertiary/aromatic N) is 1. The number of hydrogen-bond donors (Lipinski definition) is 2. The number of nitrogens with one attached hydrogen (secondary N) is 1. The predicted octanol–water partition coefficient (Wildman–Crippen LogP) is 0.369. The Hall–Kier alpha value is -1.03. The standard InChI is InChI=1S/C10H16N2O5S2/c1-7(4-3-5-13)12-19(15,16)10-8(9(14)17-2)11-6-18-10/h6-7,12-13H,3-5H2,1-2H3. The summed E-state index contributed by atoms with van der Waals surface area (Å²) in [6.07, 6.45) is 0.998. The molecule has 1 aromatic rings. The van der Waals surface area contributed by atoms with E-state index >= 15 is 0 Å². The van der Waals surface area contributed by atoms with E-state index in [-0.39, 0.29) is 22.6 Å². The highest BCUT2D eigenvalue weighted by molar-refractivity contribution is 7.91. The number of esters is 1. The van der Waals surface area contributed by atoms with Crippen LogP contribution in [-0.4, -0.2) is 44.2 Å². The van der Waals surface area contributed by atoms with E-state index in [0.29, 0.717) is 12.8 Å². The average Bonchev–Trinajstić information content (AvgIpc) is 2.84. The van der Waals surface area contributed by atoms with E-state index in [9.17, 15) is 13.2 Å². The Labute approximate surface area is 115 Å². The molecule has 0 amide bonds. The van der Waals surface area contributed by atoms with E-state index < -0.39 is 16.0 Å². The van der Waals surface area contributed by atoms with E-state index in [1.807, 2.05) is 0 Å². The monoisotopic (exact) mass is 308 g/mol. The number of aromatic nitrogens is 1. The topological polar surface area (TPSA) is 106 Å². The number of thiazole rings is 1. The summed E-state index contributed by atoms with van der Waals surface area (Å²) >= 11 is 0.854. The molecule has 0 radical (unpaired) electrons. The number of ether oxygens (including phenoxy) is 1. The van der Waals surface area contributed by atoms with Gasteiger partial charge in [0.1, 0.15) is 0 Å². The molecule has 2 N–H and O–H groups in total. The lowest BCUT2D eigenvalue weighted by Gasteiger charge is -2.12. The maximum atomic E-state index is 12.1. The molecule has 0 fully saturated rings. The number of methoxy groups -OCH3 is 1. The van der Waals surface area contributed by atoms with Crippen LogP contribution in [-0.2, 0) is 14.8 Å². The van der Waals surface area contributed by atoms with Crippen molar-refractivity contribution >= 4 is 27.3 Å². The van der Waals surface area contributed by atoms with Crippen LogP contribution in [0.1, 0.15) is 30.3 Å². The molecule has 0 aliphatic carbocycles. The van der Waals surface area contributed by atoms with Crippen LogP contribution in [0.3, 0.4) is 0 Å². The van der Waals surface area contributed by atoms with Crippen molar-refractivity contribution in [3.63, 3.8) is 0 Å². The van der Waals surface area contributed by atoms with Crippen LogP contribution in [0, 0.1) is 0 Å². The molecule has 0 aliphatic heterocycles. The summed E-state index contributed by atoms with van der Waals surface area (Å²) in [5.41, 5.74) is 1.06. The van der Waals surface area contributed by atoms with Crippen molar-refractivity contribution in [2.24, 2.45) is 0 Å². The summed E-state index contributed by atoms with van der Waals surface area (Å²) in [4.78, 5) is 15.1. The lowest BCUT2D eigenvalue weighted by atomic mass is 10.2. The fraction of sp³-hybridized carbons (Fsp3) is 0.600. The van der Waals surface area contributed by atoms with Gasteiger partial charge < -0.3 is 9.84 Å². The number of aliphatic hydroxyl groups excluding tert-OH is 1. The third kappa shape index (κ3) is 4.23. The molecule has 0 saturated heterocycles. The summed E-state index contributed by atoms with van der Waals surface area (Å²) in [6.45, 7) is 1.69. The van der Waals surface area contributed by atoms with Gasteiger partial charge in [0, 0.05) is 12.6 Å². The molecule has 1 aromatic heterocycles. The molecule has 7 nitrogen and oxygen atoms in total. The number of rotatable bonds is 7. The molecule has 19 heavy (non-hydrogen) atoms. The highest BCUT2D eigenvalue weighted by Crippen LogP contribution is 2.21. The Balaban J connectivity index is 2.89. The zero-order valence-corrected chi connectivity index (χ0v) is 12.3. The third-order valence-corrected chi connectivity index (χ3v) is 5.27. The largest absolute Gasteiger partial charge is 0.464 e. The van der Waals surface area contributed by atoms with E-state index in [1.54, 1.807) is 6.92 Å². The van der Waals surface area contributed by atoms with Crippen molar-refractivity contribution < 1.29 is 23.1 Å². The minimum Gasteiger partial charge on any atom is -0.464 e. The summed E-state index contributed by atoms with van der Waals surface area (Å²) in [5, 5.41) is 8.70. The van der Waals surface area contributed by atoms with Gasteiger partial charge >= 0.3 is 5.97 Å². The normalized spacial score (nSPS) is 13.2. The molecule has 1 rings (SSSR count). The fourth-order valence-corrected chi connectivity index (χ4v) is 3.86. The van der Waals surface area contributed by atoms with E-state index in [4.69, 9.17) is 5.11 Å². The van der Waals surface area contributed by atoms with Crippen LogP contribution in [0.5, 0.6) is 0 Å². The highest BCUT2D eigenvalue weighted by atomic mass is 32.2. The summed E-state index contributed by atoms with van der Waals surface area (Å²) in [7, 11) is -2.65. The first kappa shape index (κ1) is 16.0. The van der Waals surface area contributed by atoms with Gasteiger partial charge in [-0.1, -0.05) is 0 Å². The Morgan fingerprint density at radius 3 is 2.89 bits per heavy atom. The Morgan fingerprint density at radius 2 is 2.32 bits per heavy atom. The molecule has 0 aliphatic rings. The van der Waals surface area contributed by atoms with E-state index in [2.05, 4.69) is 14.4 Å². The highest BCUT2D eigenvalue weighted by Gasteiger charge is 2.27. The number of carbonyl (C=O) groups is 1. The second kappa shape index (κ2) is 6.94. The van der Waals surface area contributed by atoms with Crippen LogP contribution >= 0.6 is 11.3 Å². The number of aliphatic hydroxyl groups is 1. The molecule has 1 unspecified atom stereocenters. The zero-order chi connectivity index (χ0) is 14.5. The maximum Gasteiger partial charge on any atom is 0.358 e. The first-order valence-electron chi connectivity index (χ1n) is 5.57. The van der Waals surface area contributed by atoms with Crippen molar-refractivity contribution in [1.82, 2.24) is 9.71 Å². The summed E-state index contributed by atoms with van der Waals surface area (Å²) in [6, 6.07) is -0.343. The molecule has 1 atom stereocenters. The van der Waals surface area contributed by atoms with Gasteiger partial charge in [-0.15, -0.1) is 11.3 Å². The number of hydrogen-bond acceptors (Lipinski definition) is 7. The first-order chi connectivity index (χ1) is 8.92. The van der Waals surface area contributed by atoms with Gasteiger partial charge in [-0.05, 0) is 19.8 Å². The Kier molecular flexibility index (Phi) is 5.85. The zero-order valence-electron chi connectivity index (χ0n) is 10.6. The SMILES string of the molecule is COC(=O)c1ncsc1S(=O)(=O)NC(C)CCCO. The van der Waals surface area contributed by atoms with Crippen molar-refractivity contribution in [1.29, 1.82) is 0 Å². The van der Waals surface area contributed by atoms with Gasteiger partial charge in [0.2, 0.25) is 0 Å². The van der Waals surface area contributed by atoms with Crippen molar-refractivity contribution in [3.8, 4) is 0 Å². The minimum atomic E-state index is -3.81. The number of sulfonamides is 1. The molecule has 9 heteroatoms. The van der Waals surface area contributed by atoms with Crippen LogP contribution in [0.4, 0.5) is 0 Å². The summed E-state index contributed by atoms with van der Waals surface area (Å²) in [5.74, 6) is -0.787. The molecule has 108 valence electrons. The average molecular weight is 308 g/mol. The van der Waals surface area contributed by atoms with Crippen LogP contribution in [0.15, 0.2) is 9.72 Å². The van der Waals surface area contributed by atoms with Gasteiger partial charge in [-0.25, -0.2) is 22.9 Å². The smallest absolute Gasteiger partial charge is 0.358 e. The Morgan fingerprint density at radius 1 is 1.63 bits per heavy atom. The van der Waals surface area contributed by atoms with Gasteiger partial charge in [-0.3, -0.25) is 0 Å². The fourth-order valence-electron chi connectivity index (χ4n) is 1.43. The third-order valence-electron chi connectivity index (χ3n) is 2.31. The quantitative estimate of drug-likeness (QED) is 0.705. The second-order valence-corrected chi connectivity index (χ2v) is 6.63. The number of carbonyl (C=O) groups excluding carboxylic acids is 1.